The molecule has 1 fully saturated rings. The number of phenols is 2. The Morgan fingerprint density at radius 3 is 2.27 bits per heavy atom. The lowest BCUT2D eigenvalue weighted by atomic mass is 9.80. The van der Waals surface area contributed by atoms with Crippen LogP contribution >= 0.6 is 12.2 Å². The van der Waals surface area contributed by atoms with E-state index in [2.05, 4.69) is 10.6 Å². The normalized spacial score (nSPS) is 19.9. The van der Waals surface area contributed by atoms with Crippen molar-refractivity contribution in [3.63, 3.8) is 0 Å². The van der Waals surface area contributed by atoms with Crippen molar-refractivity contribution in [1.29, 1.82) is 0 Å². The van der Waals surface area contributed by atoms with Crippen LogP contribution in [0.3, 0.4) is 0 Å². The van der Waals surface area contributed by atoms with E-state index in [0.29, 0.717) is 53.3 Å². The summed E-state index contributed by atoms with van der Waals surface area (Å²) in [5.41, 5.74) is 2.33. The van der Waals surface area contributed by atoms with Gasteiger partial charge in [0.1, 0.15) is 23.0 Å². The molecule has 3 unspecified atom stereocenters. The van der Waals surface area contributed by atoms with E-state index >= 15 is 0 Å². The number of fused-ring (bicyclic) bond motifs is 2. The number of thiocarbonyl (C=S) groups is 1. The number of phenolic OH excluding ortho intramolecular Hbond substituents is 2. The van der Waals surface area contributed by atoms with Crippen LogP contribution in [-0.4, -0.2) is 74.9 Å². The molecule has 3 atom stereocenters. The maximum absolute atomic E-state index is 12.4. The summed E-state index contributed by atoms with van der Waals surface area (Å²) < 4.78 is 17.1. The van der Waals surface area contributed by atoms with Gasteiger partial charge in [0.25, 0.3) is 0 Å². The van der Waals surface area contributed by atoms with Gasteiger partial charge in [0.05, 0.1) is 31.0 Å². The highest BCUT2D eigenvalue weighted by atomic mass is 32.1. The van der Waals surface area contributed by atoms with Crippen molar-refractivity contribution in [3.8, 4) is 23.0 Å². The minimum atomic E-state index is -1.14. The summed E-state index contributed by atoms with van der Waals surface area (Å²) in [5, 5.41) is 55.5. The second-order valence-electron chi connectivity index (χ2n) is 9.83. The number of rotatable bonds is 8. The number of aliphatic hydroxyl groups is 2. The minimum absolute atomic E-state index is 0.00580. The van der Waals surface area contributed by atoms with Crippen LogP contribution in [0.25, 0.3) is 0 Å². The van der Waals surface area contributed by atoms with Crippen LogP contribution < -0.4 is 15.4 Å². The fourth-order valence-electron chi connectivity index (χ4n) is 5.09. The van der Waals surface area contributed by atoms with Gasteiger partial charge < -0.3 is 50.4 Å². The zero-order valence-corrected chi connectivity index (χ0v) is 22.6. The number of aromatic carboxylic acids is 1. The molecule has 1 saturated heterocycles. The molecular weight excluding hydrogens is 552 g/mol. The molecule has 3 aromatic carbocycles. The van der Waals surface area contributed by atoms with E-state index in [1.165, 1.54) is 30.3 Å². The fourth-order valence-corrected chi connectivity index (χ4v) is 5.31. The first-order valence-electron chi connectivity index (χ1n) is 13.0. The van der Waals surface area contributed by atoms with Crippen LogP contribution in [0.2, 0.25) is 0 Å². The Morgan fingerprint density at radius 2 is 1.63 bits per heavy atom. The van der Waals surface area contributed by atoms with Crippen molar-refractivity contribution >= 4 is 29.0 Å². The van der Waals surface area contributed by atoms with Gasteiger partial charge in [-0.05, 0) is 42.0 Å². The highest BCUT2D eigenvalue weighted by molar-refractivity contribution is 7.80. The van der Waals surface area contributed by atoms with Crippen LogP contribution in [0.1, 0.15) is 45.8 Å². The van der Waals surface area contributed by atoms with E-state index in [4.69, 9.17) is 26.4 Å². The second-order valence-corrected chi connectivity index (χ2v) is 10.2. The quantitative estimate of drug-likeness (QED) is 0.120. The Hall–Kier alpha value is -3.94. The van der Waals surface area contributed by atoms with Gasteiger partial charge in [-0.3, -0.25) is 0 Å². The largest absolute Gasteiger partial charge is 0.508 e. The molecule has 2 aliphatic heterocycles. The first kappa shape index (κ1) is 28.6. The number of nitrogens with one attached hydrogen (secondary N) is 2. The Morgan fingerprint density at radius 1 is 0.976 bits per heavy atom. The number of aliphatic hydroxyl groups excluding tert-OH is 2. The second kappa shape index (κ2) is 12.3. The monoisotopic (exact) mass is 582 g/mol. The van der Waals surface area contributed by atoms with Gasteiger partial charge in [-0.15, -0.1) is 0 Å². The van der Waals surface area contributed by atoms with E-state index in [-0.39, 0.29) is 35.4 Å². The molecule has 2 heterocycles. The molecule has 11 nitrogen and oxygen atoms in total. The number of carbonyl (C=O) groups is 1. The third-order valence-corrected chi connectivity index (χ3v) is 7.17. The third-order valence-electron chi connectivity index (χ3n) is 6.93. The van der Waals surface area contributed by atoms with Crippen LogP contribution in [0.5, 0.6) is 23.0 Å². The molecule has 7 N–H and O–H groups in total. The molecule has 0 radical (unpaired) electrons. The molecule has 5 rings (SSSR count). The number of hydrogen-bond acceptors (Lipinski definition) is 9. The summed E-state index contributed by atoms with van der Waals surface area (Å²) in [7, 11) is 0. The van der Waals surface area contributed by atoms with E-state index < -0.39 is 30.4 Å². The van der Waals surface area contributed by atoms with Crippen LogP contribution in [0, 0.1) is 0 Å². The molecule has 0 amide bonds. The van der Waals surface area contributed by atoms with Crippen molar-refractivity contribution in [1.82, 2.24) is 5.32 Å². The third kappa shape index (κ3) is 6.53. The van der Waals surface area contributed by atoms with E-state index in [0.717, 1.165) is 0 Å². The summed E-state index contributed by atoms with van der Waals surface area (Å²) in [6.45, 7) is 0.357. The van der Waals surface area contributed by atoms with Crippen molar-refractivity contribution in [3.05, 3.63) is 76.9 Å². The summed E-state index contributed by atoms with van der Waals surface area (Å²) in [6.07, 6.45) is -1.02. The summed E-state index contributed by atoms with van der Waals surface area (Å²) in [4.78, 5) is 12.4. The van der Waals surface area contributed by atoms with Crippen molar-refractivity contribution in [2.45, 2.75) is 37.3 Å². The molecule has 0 saturated carbocycles. The Labute approximate surface area is 240 Å². The van der Waals surface area contributed by atoms with Crippen molar-refractivity contribution < 1.29 is 44.5 Å². The molecule has 2 aliphatic rings. The molecular formula is C29H30N2O9S. The number of ether oxygens (including phenoxy) is 3. The molecule has 0 aromatic heterocycles. The number of carboxylic acid groups (broad SMARTS) is 1. The average Bonchev–Trinajstić information content (AvgIpc) is 2.93. The van der Waals surface area contributed by atoms with Gasteiger partial charge >= 0.3 is 5.97 Å². The molecule has 3 aromatic rings. The van der Waals surface area contributed by atoms with Gasteiger partial charge in [-0.2, -0.15) is 0 Å². The minimum Gasteiger partial charge on any atom is -0.508 e. The summed E-state index contributed by atoms with van der Waals surface area (Å²) in [6, 6.07) is 14.2. The van der Waals surface area contributed by atoms with Crippen LogP contribution in [-0.2, 0) is 9.47 Å². The van der Waals surface area contributed by atoms with Gasteiger partial charge in [-0.25, -0.2) is 4.79 Å². The van der Waals surface area contributed by atoms with Crippen molar-refractivity contribution in [2.75, 3.05) is 25.1 Å². The zero-order chi connectivity index (χ0) is 29.1. The topological polar surface area (TPSA) is 170 Å². The van der Waals surface area contributed by atoms with E-state index in [1.54, 1.807) is 24.3 Å². The highest BCUT2D eigenvalue weighted by Crippen LogP contribution is 2.49. The maximum Gasteiger partial charge on any atom is 0.336 e. The summed E-state index contributed by atoms with van der Waals surface area (Å²) in [5.74, 6) is -0.969. The highest BCUT2D eigenvalue weighted by Gasteiger charge is 2.32. The number of benzene rings is 3. The maximum atomic E-state index is 12.4. The lowest BCUT2D eigenvalue weighted by molar-refractivity contribution is -0.220. The standard InChI is InChI=1S/C29H30N2O9S/c32-14-19-10-18(35)13-26(39-19)38-8-7-30-29(41)31-15-1-4-20(23(9-15)28(36)37)27-21-5-2-16(33)11-24(21)40-25-12-17(34)3-6-22(25)27/h1-6,9,11-12,18-19,26-27,32-35H,7-8,10,13-14H2,(H,36,37)(H2,30,31,41). The first-order valence-corrected chi connectivity index (χ1v) is 13.4. The molecule has 0 bridgehead atoms. The SMILES string of the molecule is O=C(O)c1cc(NC(=S)NCCOC2CC(O)CC(CO)O2)ccc1C1c2ccc(O)cc2Oc2cc(O)ccc21. The number of aromatic hydroxyl groups is 2. The lowest BCUT2D eigenvalue weighted by Gasteiger charge is -2.32. The molecule has 0 aliphatic carbocycles. The zero-order valence-electron chi connectivity index (χ0n) is 21.8. The molecule has 41 heavy (non-hydrogen) atoms. The Kier molecular flexibility index (Phi) is 8.57. The summed E-state index contributed by atoms with van der Waals surface area (Å²) >= 11 is 5.36. The Balaban J connectivity index is 1.29. The predicted molar refractivity (Wildman–Crippen MR) is 152 cm³/mol. The number of carboxylic acids is 1. The predicted octanol–water partition coefficient (Wildman–Crippen LogP) is 3.24. The van der Waals surface area contributed by atoms with E-state index in [9.17, 15) is 30.3 Å². The van der Waals surface area contributed by atoms with Crippen molar-refractivity contribution in [2.24, 2.45) is 0 Å². The van der Waals surface area contributed by atoms with Gasteiger partial charge in [-0.1, -0.05) is 18.2 Å². The van der Waals surface area contributed by atoms with Crippen LogP contribution in [0.15, 0.2) is 54.6 Å². The lowest BCUT2D eigenvalue weighted by Crippen LogP contribution is -2.40. The first-order chi connectivity index (χ1) is 19.7. The van der Waals surface area contributed by atoms with Gasteiger partial charge in [0.2, 0.25) is 0 Å². The van der Waals surface area contributed by atoms with Crippen LogP contribution in [0.4, 0.5) is 5.69 Å². The van der Waals surface area contributed by atoms with Gasteiger partial charge in [0.15, 0.2) is 11.4 Å². The smallest absolute Gasteiger partial charge is 0.336 e. The molecule has 0 spiro atoms. The molecule has 216 valence electrons. The fraction of sp³-hybridized carbons (Fsp3) is 0.310. The number of anilines is 1. The van der Waals surface area contributed by atoms with Gasteiger partial charge in [0, 0.05) is 54.3 Å². The van der Waals surface area contributed by atoms with E-state index in [1.807, 2.05) is 0 Å². The molecule has 12 heteroatoms. The number of hydrogen-bond donors (Lipinski definition) is 7. The average molecular weight is 583 g/mol. The Bertz CT molecular complexity index is 1400.